The number of hydrogen-bond donors (Lipinski definition) is 0. The zero-order valence-corrected chi connectivity index (χ0v) is 29.4. The minimum absolute atomic E-state index is 0.0304. The fourth-order valence-electron chi connectivity index (χ4n) is 8.28. The van der Waals surface area contributed by atoms with E-state index < -0.39 is 0 Å². The molecule has 0 spiro atoms. The second-order valence-corrected chi connectivity index (χ2v) is 16.5. The van der Waals surface area contributed by atoms with Crippen molar-refractivity contribution in [2.45, 2.75) is 26.2 Å². The first kappa shape index (κ1) is 28.4. The highest BCUT2D eigenvalue weighted by molar-refractivity contribution is 7.27. The molecule has 9 aromatic rings. The normalized spacial score (nSPS) is 12.7. The lowest BCUT2D eigenvalue weighted by Crippen LogP contribution is -2.12. The summed E-state index contributed by atoms with van der Waals surface area (Å²) in [7, 11) is 0. The molecule has 0 unspecified atom stereocenters. The molecule has 0 bridgehead atoms. The lowest BCUT2D eigenvalue weighted by molar-refractivity contribution is 0.583. The lowest BCUT2D eigenvalue weighted by atomic mass is 9.80. The second kappa shape index (κ2) is 10.1. The van der Waals surface area contributed by atoms with Crippen molar-refractivity contribution in [3.05, 3.63) is 133 Å². The van der Waals surface area contributed by atoms with E-state index in [9.17, 15) is 0 Å². The van der Waals surface area contributed by atoms with Crippen molar-refractivity contribution in [1.82, 2.24) is 0 Å². The number of benzene rings is 7. The molecule has 0 radical (unpaired) electrons. The summed E-state index contributed by atoms with van der Waals surface area (Å²) in [4.78, 5) is 0. The van der Waals surface area contributed by atoms with E-state index in [1.807, 2.05) is 34.8 Å². The standard InChI is InChI=1S/C46H30O2S2/c1-46(2,3)34-24-38-42-40-31(34)20-18-26(25-11-5-4-6-12-25)44(40)49-37-23-33(30-15-9-14-29-27-13-7-8-16-36(27)48-43(29)30)28-19-21-32(35-17-10-22-47-35)45(50-38)39(28)41(37)42/h4-24H,1-3H3. The Kier molecular flexibility index (Phi) is 5.72. The maximum Gasteiger partial charge on any atom is 0.143 e. The molecule has 2 nitrogen and oxygen atoms in total. The largest absolute Gasteiger partial charge is 0.464 e. The third-order valence-corrected chi connectivity index (χ3v) is 12.8. The summed E-state index contributed by atoms with van der Waals surface area (Å²) in [5.41, 5.74) is 11.9. The summed E-state index contributed by atoms with van der Waals surface area (Å²) in [6.07, 6.45) is 1.78. The Morgan fingerprint density at radius 2 is 1.22 bits per heavy atom. The van der Waals surface area contributed by atoms with Crippen LogP contribution in [0.3, 0.4) is 0 Å². The van der Waals surface area contributed by atoms with Gasteiger partial charge in [0.2, 0.25) is 0 Å². The molecule has 7 aromatic carbocycles. The van der Waals surface area contributed by atoms with Crippen LogP contribution >= 0.6 is 22.7 Å². The van der Waals surface area contributed by atoms with Crippen LogP contribution < -0.4 is 0 Å². The van der Waals surface area contributed by atoms with Crippen LogP contribution in [0.2, 0.25) is 0 Å². The van der Waals surface area contributed by atoms with Crippen LogP contribution in [0.5, 0.6) is 0 Å². The van der Waals surface area contributed by atoms with Gasteiger partial charge in [-0.3, -0.25) is 0 Å². The number of fused-ring (bicyclic) bond motifs is 3. The molecule has 0 fully saturated rings. The Balaban J connectivity index is 1.37. The predicted molar refractivity (Wildman–Crippen MR) is 215 cm³/mol. The molecule has 0 N–H and O–H groups in total. The highest BCUT2D eigenvalue weighted by Gasteiger charge is 2.30. The molecular weight excluding hydrogens is 649 g/mol. The van der Waals surface area contributed by atoms with Crippen LogP contribution in [-0.4, -0.2) is 0 Å². The Hall–Kier alpha value is -5.42. The van der Waals surface area contributed by atoms with Crippen molar-refractivity contribution in [3.63, 3.8) is 0 Å². The van der Waals surface area contributed by atoms with Crippen LogP contribution in [0.25, 0.3) is 107 Å². The third-order valence-electron chi connectivity index (χ3n) is 10.5. The predicted octanol–water partition coefficient (Wildman–Crippen LogP) is 14.8. The van der Waals surface area contributed by atoms with Gasteiger partial charge in [0.25, 0.3) is 0 Å². The highest BCUT2D eigenvalue weighted by atomic mass is 32.1. The van der Waals surface area contributed by atoms with Crippen molar-refractivity contribution in [2.75, 3.05) is 0 Å². The fraction of sp³-hybridized carbons (Fsp3) is 0.0870. The number of rotatable bonds is 3. The van der Waals surface area contributed by atoms with Gasteiger partial charge in [0.05, 0.1) is 6.26 Å². The van der Waals surface area contributed by atoms with Crippen LogP contribution in [0.15, 0.2) is 136 Å². The first-order chi connectivity index (χ1) is 24.4. The molecule has 0 saturated carbocycles. The van der Waals surface area contributed by atoms with Gasteiger partial charge < -0.3 is 8.83 Å². The van der Waals surface area contributed by atoms with Crippen molar-refractivity contribution < 1.29 is 8.83 Å². The topological polar surface area (TPSA) is 26.3 Å². The van der Waals surface area contributed by atoms with Gasteiger partial charge >= 0.3 is 0 Å². The fourth-order valence-corrected chi connectivity index (χ4v) is 10.9. The van der Waals surface area contributed by atoms with Crippen LogP contribution in [0.1, 0.15) is 26.3 Å². The molecule has 2 aliphatic rings. The zero-order valence-electron chi connectivity index (χ0n) is 27.8. The number of para-hydroxylation sites is 2. The molecule has 0 aliphatic carbocycles. The van der Waals surface area contributed by atoms with E-state index in [0.717, 1.165) is 38.8 Å². The minimum atomic E-state index is -0.0304. The summed E-state index contributed by atoms with van der Waals surface area (Å²) >= 11 is 3.83. The average molecular weight is 679 g/mol. The summed E-state index contributed by atoms with van der Waals surface area (Å²) < 4.78 is 17.9. The third kappa shape index (κ3) is 3.83. The molecule has 50 heavy (non-hydrogen) atoms. The van der Waals surface area contributed by atoms with Gasteiger partial charge in [0.1, 0.15) is 16.9 Å². The Morgan fingerprint density at radius 3 is 2.02 bits per heavy atom. The smallest absolute Gasteiger partial charge is 0.143 e. The Labute approximate surface area is 296 Å². The number of furan rings is 2. The molecule has 4 heterocycles. The van der Waals surface area contributed by atoms with Gasteiger partial charge in [0, 0.05) is 62.6 Å². The van der Waals surface area contributed by atoms with Gasteiger partial charge in [-0.15, -0.1) is 22.7 Å². The quantitative estimate of drug-likeness (QED) is 0.137. The van der Waals surface area contributed by atoms with E-state index in [1.165, 1.54) is 73.7 Å². The first-order valence-corrected chi connectivity index (χ1v) is 18.7. The molecule has 0 atom stereocenters. The Morgan fingerprint density at radius 1 is 0.520 bits per heavy atom. The summed E-state index contributed by atoms with van der Waals surface area (Å²) in [5.74, 6) is 0.892. The monoisotopic (exact) mass is 678 g/mol. The van der Waals surface area contributed by atoms with Gasteiger partial charge in [-0.2, -0.15) is 0 Å². The SMILES string of the molecule is CC(C)(C)c1cc2sc3c(-c4ccco4)ccc4c(-c5cccc6c5oc5ccccc56)cc5sc6c(-c7ccccc7)ccc1c6c2-c5c43. The Bertz CT molecular complexity index is 3050. The van der Waals surface area contributed by atoms with E-state index >= 15 is 0 Å². The van der Waals surface area contributed by atoms with E-state index in [1.54, 1.807) is 6.26 Å². The van der Waals surface area contributed by atoms with Crippen LogP contribution in [0.4, 0.5) is 0 Å². The molecule has 238 valence electrons. The van der Waals surface area contributed by atoms with Crippen molar-refractivity contribution in [2.24, 2.45) is 0 Å². The molecule has 4 heteroatoms. The van der Waals surface area contributed by atoms with Crippen LogP contribution in [0, 0.1) is 0 Å². The van der Waals surface area contributed by atoms with Crippen molar-refractivity contribution in [1.29, 1.82) is 0 Å². The van der Waals surface area contributed by atoms with Crippen LogP contribution in [-0.2, 0) is 5.41 Å². The summed E-state index contributed by atoms with van der Waals surface area (Å²) in [5, 5.41) is 7.54. The molecule has 2 aliphatic heterocycles. The molecule has 0 saturated heterocycles. The number of hydrogen-bond acceptors (Lipinski definition) is 4. The van der Waals surface area contributed by atoms with Gasteiger partial charge in [-0.1, -0.05) is 106 Å². The minimum Gasteiger partial charge on any atom is -0.464 e. The maximum atomic E-state index is 6.65. The van der Waals surface area contributed by atoms with Gasteiger partial charge in [0.15, 0.2) is 0 Å². The van der Waals surface area contributed by atoms with E-state index in [-0.39, 0.29) is 5.41 Å². The molecule has 2 aromatic heterocycles. The first-order valence-electron chi connectivity index (χ1n) is 17.1. The van der Waals surface area contributed by atoms with Gasteiger partial charge in [-0.05, 0) is 74.8 Å². The zero-order chi connectivity index (χ0) is 33.3. The lowest BCUT2D eigenvalue weighted by Gasteiger charge is -2.28. The van der Waals surface area contributed by atoms with E-state index in [2.05, 4.69) is 130 Å². The van der Waals surface area contributed by atoms with Crippen molar-refractivity contribution in [3.8, 4) is 44.7 Å². The maximum absolute atomic E-state index is 6.65. The summed E-state index contributed by atoms with van der Waals surface area (Å²) in [6.45, 7) is 7.01. The summed E-state index contributed by atoms with van der Waals surface area (Å²) in [6, 6.07) is 44.1. The van der Waals surface area contributed by atoms with E-state index in [0.29, 0.717) is 0 Å². The second-order valence-electron chi connectivity index (χ2n) is 14.4. The van der Waals surface area contributed by atoms with Crippen molar-refractivity contribution >= 4 is 85.0 Å². The molecule has 11 rings (SSSR count). The van der Waals surface area contributed by atoms with Gasteiger partial charge in [-0.25, -0.2) is 0 Å². The molecular formula is C46H30O2S2. The highest BCUT2D eigenvalue weighted by Crippen LogP contribution is 2.57. The molecule has 0 amide bonds. The van der Waals surface area contributed by atoms with E-state index in [4.69, 9.17) is 8.83 Å². The average Bonchev–Trinajstić information content (AvgIpc) is 3.81.